The van der Waals surface area contributed by atoms with Gasteiger partial charge >= 0.3 is 5.97 Å². The van der Waals surface area contributed by atoms with E-state index in [1.54, 1.807) is 13.2 Å². The Bertz CT molecular complexity index is 445. The number of carboxylic acids is 1. The quantitative estimate of drug-likeness (QED) is 0.885. The van der Waals surface area contributed by atoms with Crippen LogP contribution in [0.25, 0.3) is 0 Å². The molecule has 18 heavy (non-hydrogen) atoms. The summed E-state index contributed by atoms with van der Waals surface area (Å²) >= 11 is 0. The topological polar surface area (TPSA) is 49.8 Å². The first kappa shape index (κ1) is 13.1. The van der Waals surface area contributed by atoms with Gasteiger partial charge in [0.1, 0.15) is 0 Å². The maximum Gasteiger partial charge on any atom is 0.335 e. The summed E-state index contributed by atoms with van der Waals surface area (Å²) in [6.45, 7) is 4.55. The number of benzene rings is 1. The van der Waals surface area contributed by atoms with Crippen molar-refractivity contribution in [1.29, 1.82) is 0 Å². The first-order valence-corrected chi connectivity index (χ1v) is 6.18. The molecule has 0 spiro atoms. The minimum Gasteiger partial charge on any atom is -0.478 e. The van der Waals surface area contributed by atoms with Crippen LogP contribution in [0.3, 0.4) is 0 Å². The van der Waals surface area contributed by atoms with Crippen molar-refractivity contribution >= 4 is 5.97 Å². The predicted octanol–water partition coefficient (Wildman–Crippen LogP) is 1.91. The summed E-state index contributed by atoms with van der Waals surface area (Å²) in [4.78, 5) is 13.4. The highest BCUT2D eigenvalue weighted by atomic mass is 16.5. The van der Waals surface area contributed by atoms with Gasteiger partial charge in [-0.1, -0.05) is 12.1 Å². The summed E-state index contributed by atoms with van der Waals surface area (Å²) < 4.78 is 5.32. The van der Waals surface area contributed by atoms with Crippen LogP contribution in [0.1, 0.15) is 27.9 Å². The second-order valence-corrected chi connectivity index (χ2v) is 4.84. The SMILES string of the molecule is CO[C@H]1CCN(Cc2ccc(C)c(C(=O)O)c2)C1. The van der Waals surface area contributed by atoms with Crippen LogP contribution in [0.15, 0.2) is 18.2 Å². The molecule has 2 rings (SSSR count). The fourth-order valence-electron chi connectivity index (χ4n) is 2.39. The van der Waals surface area contributed by atoms with Gasteiger partial charge in [0.2, 0.25) is 0 Å². The molecule has 1 saturated heterocycles. The van der Waals surface area contributed by atoms with Gasteiger partial charge in [0.15, 0.2) is 0 Å². The lowest BCUT2D eigenvalue weighted by atomic mass is 10.0. The molecule has 0 bridgehead atoms. The average molecular weight is 249 g/mol. The van der Waals surface area contributed by atoms with Gasteiger partial charge < -0.3 is 9.84 Å². The molecule has 0 amide bonds. The smallest absolute Gasteiger partial charge is 0.335 e. The molecule has 0 saturated carbocycles. The van der Waals surface area contributed by atoms with E-state index in [4.69, 9.17) is 9.84 Å². The molecule has 1 atom stereocenters. The highest BCUT2D eigenvalue weighted by Crippen LogP contribution is 2.17. The first-order valence-electron chi connectivity index (χ1n) is 6.18. The Kier molecular flexibility index (Phi) is 3.99. The van der Waals surface area contributed by atoms with E-state index >= 15 is 0 Å². The molecule has 1 aromatic carbocycles. The number of hydrogen-bond acceptors (Lipinski definition) is 3. The molecule has 0 radical (unpaired) electrons. The summed E-state index contributed by atoms with van der Waals surface area (Å²) in [5, 5.41) is 9.10. The molecular formula is C14H19NO3. The van der Waals surface area contributed by atoms with Gasteiger partial charge in [0, 0.05) is 26.7 Å². The summed E-state index contributed by atoms with van der Waals surface area (Å²) in [6.07, 6.45) is 1.36. The maximum atomic E-state index is 11.1. The van der Waals surface area contributed by atoms with E-state index in [2.05, 4.69) is 4.90 Å². The Balaban J connectivity index is 2.06. The average Bonchev–Trinajstić information content (AvgIpc) is 2.79. The third-order valence-electron chi connectivity index (χ3n) is 3.50. The number of hydrogen-bond donors (Lipinski definition) is 1. The zero-order valence-corrected chi connectivity index (χ0v) is 10.8. The molecule has 1 aliphatic heterocycles. The van der Waals surface area contributed by atoms with Crippen LogP contribution in [0.2, 0.25) is 0 Å². The molecule has 4 nitrogen and oxygen atoms in total. The third-order valence-corrected chi connectivity index (χ3v) is 3.50. The molecule has 98 valence electrons. The van der Waals surface area contributed by atoms with Gasteiger partial charge in [-0.3, -0.25) is 4.90 Å². The number of nitrogens with zero attached hydrogens (tertiary/aromatic N) is 1. The molecule has 0 unspecified atom stereocenters. The van der Waals surface area contributed by atoms with Gasteiger partial charge in [0.05, 0.1) is 11.7 Å². The molecule has 0 aromatic heterocycles. The summed E-state index contributed by atoms with van der Waals surface area (Å²) in [6, 6.07) is 5.66. The van der Waals surface area contributed by atoms with Crippen LogP contribution in [-0.2, 0) is 11.3 Å². The van der Waals surface area contributed by atoms with Crippen molar-refractivity contribution in [2.45, 2.75) is 26.0 Å². The Morgan fingerprint density at radius 2 is 2.33 bits per heavy atom. The predicted molar refractivity (Wildman–Crippen MR) is 68.8 cm³/mol. The Hall–Kier alpha value is -1.39. The van der Waals surface area contributed by atoms with Crippen molar-refractivity contribution < 1.29 is 14.6 Å². The van der Waals surface area contributed by atoms with Gasteiger partial charge in [-0.25, -0.2) is 4.79 Å². The van der Waals surface area contributed by atoms with Crippen molar-refractivity contribution in [3.63, 3.8) is 0 Å². The summed E-state index contributed by atoms with van der Waals surface area (Å²) in [5.41, 5.74) is 2.26. The van der Waals surface area contributed by atoms with Crippen LogP contribution >= 0.6 is 0 Å². The number of methoxy groups -OCH3 is 1. The van der Waals surface area contributed by atoms with E-state index in [1.165, 1.54) is 0 Å². The van der Waals surface area contributed by atoms with Crippen molar-refractivity contribution in [1.82, 2.24) is 4.90 Å². The fourth-order valence-corrected chi connectivity index (χ4v) is 2.39. The number of carboxylic acid groups (broad SMARTS) is 1. The summed E-state index contributed by atoms with van der Waals surface area (Å²) in [7, 11) is 1.74. The molecule has 1 N–H and O–H groups in total. The van der Waals surface area contributed by atoms with Crippen molar-refractivity contribution in [2.24, 2.45) is 0 Å². The zero-order valence-electron chi connectivity index (χ0n) is 10.8. The highest BCUT2D eigenvalue weighted by Gasteiger charge is 2.22. The maximum absolute atomic E-state index is 11.1. The van der Waals surface area contributed by atoms with Crippen LogP contribution < -0.4 is 0 Å². The van der Waals surface area contributed by atoms with Gasteiger partial charge in [-0.05, 0) is 30.5 Å². The lowest BCUT2D eigenvalue weighted by molar-refractivity contribution is 0.0695. The van der Waals surface area contributed by atoms with Gasteiger partial charge in [-0.15, -0.1) is 0 Å². The number of aromatic carboxylic acids is 1. The lowest BCUT2D eigenvalue weighted by Gasteiger charge is -2.16. The second kappa shape index (κ2) is 5.50. The largest absolute Gasteiger partial charge is 0.478 e. The molecule has 4 heteroatoms. The van der Waals surface area contributed by atoms with Gasteiger partial charge in [-0.2, -0.15) is 0 Å². The first-order chi connectivity index (χ1) is 8.60. The molecule has 1 fully saturated rings. The Morgan fingerprint density at radius 3 is 2.94 bits per heavy atom. The van der Waals surface area contributed by atoms with Crippen LogP contribution in [0.5, 0.6) is 0 Å². The van der Waals surface area contributed by atoms with E-state index < -0.39 is 5.97 Å². The highest BCUT2D eigenvalue weighted by molar-refractivity contribution is 5.89. The molecule has 1 heterocycles. The number of ether oxygens (including phenoxy) is 1. The van der Waals surface area contributed by atoms with Crippen LogP contribution in [0, 0.1) is 6.92 Å². The molecule has 1 aliphatic rings. The minimum absolute atomic E-state index is 0.314. The van der Waals surface area contributed by atoms with E-state index in [0.29, 0.717) is 11.7 Å². The summed E-state index contributed by atoms with van der Waals surface area (Å²) in [5.74, 6) is -0.856. The number of carbonyl (C=O) groups is 1. The van der Waals surface area contributed by atoms with Crippen LogP contribution in [0.4, 0.5) is 0 Å². The monoisotopic (exact) mass is 249 g/mol. The number of aryl methyl sites for hydroxylation is 1. The minimum atomic E-state index is -0.856. The molecule has 0 aliphatic carbocycles. The standard InChI is InChI=1S/C14H19NO3/c1-10-3-4-11(7-13(10)14(16)17)8-15-6-5-12(9-15)18-2/h3-4,7,12H,5-6,8-9H2,1-2H3,(H,16,17)/t12-/m0/s1. The van der Waals surface area contributed by atoms with Crippen LogP contribution in [-0.4, -0.2) is 42.3 Å². The van der Waals surface area contributed by atoms with Crippen molar-refractivity contribution in [3.05, 3.63) is 34.9 Å². The third kappa shape index (κ3) is 2.89. The van der Waals surface area contributed by atoms with Crippen molar-refractivity contribution in [2.75, 3.05) is 20.2 Å². The fraction of sp³-hybridized carbons (Fsp3) is 0.500. The second-order valence-electron chi connectivity index (χ2n) is 4.84. The molecular weight excluding hydrogens is 230 g/mol. The zero-order chi connectivity index (χ0) is 13.1. The number of rotatable bonds is 4. The lowest BCUT2D eigenvalue weighted by Crippen LogP contribution is -2.22. The molecule has 1 aromatic rings. The normalized spacial score (nSPS) is 20.2. The number of likely N-dealkylation sites (tertiary alicyclic amines) is 1. The van der Waals surface area contributed by atoms with E-state index in [0.717, 1.165) is 37.2 Å². The van der Waals surface area contributed by atoms with E-state index in [1.807, 2.05) is 19.1 Å². The van der Waals surface area contributed by atoms with Gasteiger partial charge in [0.25, 0.3) is 0 Å². The van der Waals surface area contributed by atoms with E-state index in [9.17, 15) is 4.79 Å². The van der Waals surface area contributed by atoms with E-state index in [-0.39, 0.29) is 0 Å². The van der Waals surface area contributed by atoms with Crippen molar-refractivity contribution in [3.8, 4) is 0 Å². The Morgan fingerprint density at radius 1 is 1.56 bits per heavy atom. The Labute approximate surface area is 107 Å².